The van der Waals surface area contributed by atoms with E-state index >= 15 is 0 Å². The summed E-state index contributed by atoms with van der Waals surface area (Å²) >= 11 is 5.64. The standard InChI is InChI=1S/C16H13ClFNO/c1-11-2-4-12(5-3-11)6-9-16(20)19-15-8-7-13(17)10-14(15)18/h2-10H,1H3,(H,19,20)/b9-6-. The summed E-state index contributed by atoms with van der Waals surface area (Å²) in [6.45, 7) is 1.99. The van der Waals surface area contributed by atoms with Gasteiger partial charge in [0.15, 0.2) is 0 Å². The predicted molar refractivity (Wildman–Crippen MR) is 80.3 cm³/mol. The molecule has 0 aliphatic rings. The number of amides is 1. The minimum absolute atomic E-state index is 0.105. The highest BCUT2D eigenvalue weighted by Gasteiger charge is 2.04. The Kier molecular flexibility index (Phi) is 4.53. The first-order valence-electron chi connectivity index (χ1n) is 6.05. The van der Waals surface area contributed by atoms with E-state index in [4.69, 9.17) is 11.6 Å². The molecule has 0 spiro atoms. The van der Waals surface area contributed by atoms with Crippen molar-refractivity contribution in [3.8, 4) is 0 Å². The van der Waals surface area contributed by atoms with Crippen LogP contribution in [0.2, 0.25) is 5.02 Å². The highest BCUT2D eigenvalue weighted by Crippen LogP contribution is 2.18. The lowest BCUT2D eigenvalue weighted by Crippen LogP contribution is -2.09. The maximum Gasteiger partial charge on any atom is 0.248 e. The summed E-state index contributed by atoms with van der Waals surface area (Å²) in [5.41, 5.74) is 2.16. The molecular weight excluding hydrogens is 277 g/mol. The van der Waals surface area contributed by atoms with Gasteiger partial charge in [-0.1, -0.05) is 41.4 Å². The molecule has 0 radical (unpaired) electrons. The predicted octanol–water partition coefficient (Wildman–Crippen LogP) is 4.44. The van der Waals surface area contributed by atoms with Gasteiger partial charge in [0.25, 0.3) is 0 Å². The normalized spacial score (nSPS) is 10.8. The van der Waals surface area contributed by atoms with Crippen LogP contribution in [0.5, 0.6) is 0 Å². The molecule has 2 rings (SSSR count). The molecule has 0 aliphatic carbocycles. The summed E-state index contributed by atoms with van der Waals surface area (Å²) in [5.74, 6) is -0.957. The highest BCUT2D eigenvalue weighted by molar-refractivity contribution is 6.30. The molecule has 20 heavy (non-hydrogen) atoms. The Morgan fingerprint density at radius 2 is 1.90 bits per heavy atom. The fourth-order valence-electron chi connectivity index (χ4n) is 1.61. The number of benzene rings is 2. The number of rotatable bonds is 3. The van der Waals surface area contributed by atoms with Crippen LogP contribution in [0.15, 0.2) is 48.5 Å². The molecule has 2 aromatic carbocycles. The van der Waals surface area contributed by atoms with Crippen LogP contribution in [-0.2, 0) is 4.79 Å². The average Bonchev–Trinajstić information content (AvgIpc) is 2.41. The number of hydrogen-bond donors (Lipinski definition) is 1. The molecule has 1 N–H and O–H groups in total. The van der Waals surface area contributed by atoms with E-state index in [1.165, 1.54) is 18.2 Å². The number of halogens is 2. The molecule has 0 unspecified atom stereocenters. The summed E-state index contributed by atoms with van der Waals surface area (Å²) < 4.78 is 13.5. The molecule has 0 fully saturated rings. The number of carbonyl (C=O) groups is 1. The van der Waals surface area contributed by atoms with Crippen LogP contribution < -0.4 is 5.32 Å². The van der Waals surface area contributed by atoms with E-state index in [9.17, 15) is 9.18 Å². The van der Waals surface area contributed by atoms with Crippen molar-refractivity contribution in [2.24, 2.45) is 0 Å². The Hall–Kier alpha value is -2.13. The van der Waals surface area contributed by atoms with Crippen molar-refractivity contribution in [2.75, 3.05) is 5.32 Å². The lowest BCUT2D eigenvalue weighted by Gasteiger charge is -2.03. The van der Waals surface area contributed by atoms with Gasteiger partial charge in [0.05, 0.1) is 5.69 Å². The number of nitrogens with one attached hydrogen (secondary N) is 1. The molecule has 0 bridgehead atoms. The second-order valence-corrected chi connectivity index (χ2v) is 4.79. The Balaban J connectivity index is 2.03. The van der Waals surface area contributed by atoms with E-state index in [2.05, 4.69) is 5.32 Å². The van der Waals surface area contributed by atoms with Gasteiger partial charge in [-0.3, -0.25) is 4.79 Å². The quantitative estimate of drug-likeness (QED) is 0.832. The lowest BCUT2D eigenvalue weighted by atomic mass is 10.1. The van der Waals surface area contributed by atoms with Crippen LogP contribution in [-0.4, -0.2) is 5.91 Å². The fraction of sp³-hybridized carbons (Fsp3) is 0.0625. The molecule has 0 saturated carbocycles. The van der Waals surface area contributed by atoms with Crippen LogP contribution in [0.1, 0.15) is 11.1 Å². The van der Waals surface area contributed by atoms with E-state index < -0.39 is 11.7 Å². The SMILES string of the molecule is Cc1ccc(/C=C\C(=O)Nc2ccc(Cl)cc2F)cc1. The summed E-state index contributed by atoms with van der Waals surface area (Å²) in [4.78, 5) is 11.7. The average molecular weight is 290 g/mol. The summed E-state index contributed by atoms with van der Waals surface area (Å²) in [5, 5.41) is 2.75. The smallest absolute Gasteiger partial charge is 0.248 e. The van der Waals surface area contributed by atoms with E-state index in [0.717, 1.165) is 17.2 Å². The van der Waals surface area contributed by atoms with Crippen molar-refractivity contribution in [2.45, 2.75) is 6.92 Å². The Bertz CT molecular complexity index is 650. The summed E-state index contributed by atoms with van der Waals surface area (Å²) in [6, 6.07) is 11.8. The van der Waals surface area contributed by atoms with Gasteiger partial charge in [0.1, 0.15) is 5.82 Å². The van der Waals surface area contributed by atoms with E-state index in [1.807, 2.05) is 31.2 Å². The Morgan fingerprint density at radius 1 is 1.20 bits per heavy atom. The van der Waals surface area contributed by atoms with Crippen molar-refractivity contribution in [1.29, 1.82) is 0 Å². The molecule has 0 saturated heterocycles. The van der Waals surface area contributed by atoms with Crippen molar-refractivity contribution >= 4 is 29.3 Å². The third-order valence-corrected chi connectivity index (χ3v) is 2.93. The topological polar surface area (TPSA) is 29.1 Å². The Labute approximate surface area is 121 Å². The maximum atomic E-state index is 13.5. The number of anilines is 1. The minimum atomic E-state index is -0.561. The molecule has 2 nitrogen and oxygen atoms in total. The van der Waals surface area contributed by atoms with Crippen molar-refractivity contribution in [3.63, 3.8) is 0 Å². The van der Waals surface area contributed by atoms with Crippen molar-refractivity contribution < 1.29 is 9.18 Å². The van der Waals surface area contributed by atoms with E-state index in [0.29, 0.717) is 0 Å². The van der Waals surface area contributed by atoms with Crippen molar-refractivity contribution in [1.82, 2.24) is 0 Å². The lowest BCUT2D eigenvalue weighted by molar-refractivity contribution is -0.111. The van der Waals surface area contributed by atoms with Crippen LogP contribution in [0.4, 0.5) is 10.1 Å². The fourth-order valence-corrected chi connectivity index (χ4v) is 1.77. The van der Waals surface area contributed by atoms with Crippen LogP contribution in [0, 0.1) is 12.7 Å². The molecule has 102 valence electrons. The van der Waals surface area contributed by atoms with Gasteiger partial charge in [-0.2, -0.15) is 0 Å². The van der Waals surface area contributed by atoms with Gasteiger partial charge in [0, 0.05) is 11.1 Å². The van der Waals surface area contributed by atoms with Crippen molar-refractivity contribution in [3.05, 3.63) is 70.5 Å². The third kappa shape index (κ3) is 3.93. The zero-order valence-electron chi connectivity index (χ0n) is 10.9. The number of hydrogen-bond acceptors (Lipinski definition) is 1. The first-order chi connectivity index (χ1) is 9.54. The Morgan fingerprint density at radius 3 is 2.55 bits per heavy atom. The molecule has 2 aromatic rings. The minimum Gasteiger partial charge on any atom is -0.320 e. The second-order valence-electron chi connectivity index (χ2n) is 4.36. The van der Waals surface area contributed by atoms with E-state index in [1.54, 1.807) is 6.08 Å². The molecule has 4 heteroatoms. The van der Waals surface area contributed by atoms with Gasteiger partial charge >= 0.3 is 0 Å². The van der Waals surface area contributed by atoms with Gasteiger partial charge in [-0.15, -0.1) is 0 Å². The van der Waals surface area contributed by atoms with Crippen LogP contribution in [0.25, 0.3) is 6.08 Å². The maximum absolute atomic E-state index is 13.5. The second kappa shape index (κ2) is 6.35. The monoisotopic (exact) mass is 289 g/mol. The van der Waals surface area contributed by atoms with Gasteiger partial charge < -0.3 is 5.32 Å². The molecule has 0 aromatic heterocycles. The molecule has 0 aliphatic heterocycles. The van der Waals surface area contributed by atoms with Crippen LogP contribution in [0.3, 0.4) is 0 Å². The molecule has 0 atom stereocenters. The highest BCUT2D eigenvalue weighted by atomic mass is 35.5. The first kappa shape index (κ1) is 14.3. The number of aryl methyl sites for hydroxylation is 1. The summed E-state index contributed by atoms with van der Waals surface area (Å²) in [6.07, 6.45) is 3.03. The number of carbonyl (C=O) groups excluding carboxylic acids is 1. The zero-order valence-corrected chi connectivity index (χ0v) is 11.6. The first-order valence-corrected chi connectivity index (χ1v) is 6.43. The zero-order chi connectivity index (χ0) is 14.5. The third-order valence-electron chi connectivity index (χ3n) is 2.69. The van der Waals surface area contributed by atoms with Gasteiger partial charge in [-0.05, 0) is 36.8 Å². The van der Waals surface area contributed by atoms with Gasteiger partial charge in [-0.25, -0.2) is 4.39 Å². The van der Waals surface area contributed by atoms with E-state index in [-0.39, 0.29) is 10.7 Å². The largest absolute Gasteiger partial charge is 0.320 e. The molecule has 1 amide bonds. The molecular formula is C16H13ClFNO. The van der Waals surface area contributed by atoms with Crippen LogP contribution >= 0.6 is 11.6 Å². The summed E-state index contributed by atoms with van der Waals surface area (Å²) in [7, 11) is 0. The molecule has 0 heterocycles. The van der Waals surface area contributed by atoms with Gasteiger partial charge in [0.2, 0.25) is 5.91 Å².